The van der Waals surface area contributed by atoms with E-state index in [1.807, 2.05) is 0 Å². The number of aliphatic carboxylic acids is 4. The summed E-state index contributed by atoms with van der Waals surface area (Å²) in [4.78, 5) is 70.7. The average Bonchev–Trinajstić information content (AvgIpc) is 1.74. The summed E-state index contributed by atoms with van der Waals surface area (Å²) in [7, 11) is -4.64. The Morgan fingerprint density at radius 2 is 1.09 bits per heavy atom. The Labute approximate surface area is 557 Å². The van der Waals surface area contributed by atoms with Crippen LogP contribution in [-0.4, -0.2) is 306 Å². The number of aliphatic hydroxyl groups excluding tert-OH is 17. The quantitative estimate of drug-likeness (QED) is 0.0247. The van der Waals surface area contributed by atoms with Crippen LogP contribution >= 0.6 is 7.82 Å². The maximum atomic E-state index is 10.5. The summed E-state index contributed by atoms with van der Waals surface area (Å²) in [5.41, 5.74) is 4.61. The van der Waals surface area contributed by atoms with E-state index < -0.39 is 142 Å². The first-order chi connectivity index (χ1) is 38.4. The molecule has 0 aromatic heterocycles. The van der Waals surface area contributed by atoms with E-state index in [1.54, 1.807) is 5.57 Å². The van der Waals surface area contributed by atoms with Crippen molar-refractivity contribution in [3.63, 3.8) is 0 Å². The van der Waals surface area contributed by atoms with Crippen LogP contribution in [0.3, 0.4) is 0 Å². The van der Waals surface area contributed by atoms with Crippen molar-refractivity contribution in [2.45, 2.75) is 179 Å². The molecule has 20 N–H and O–H groups in total. The molecule has 2 unspecified atom stereocenters. The smallest absolute Gasteiger partial charge is 0.547 e. The molecule has 34 heteroatoms. The van der Waals surface area contributed by atoms with E-state index in [0.717, 1.165) is 50.9 Å². The van der Waals surface area contributed by atoms with Crippen LogP contribution in [0.5, 0.6) is 0 Å². The number of esters is 1. The number of carboxylic acids is 4. The van der Waals surface area contributed by atoms with E-state index in [0.29, 0.717) is 17.3 Å². The van der Waals surface area contributed by atoms with Crippen LogP contribution in [0, 0.1) is 35.0 Å². The molecule has 0 bridgehead atoms. The van der Waals surface area contributed by atoms with Crippen molar-refractivity contribution in [1.82, 2.24) is 0 Å². The molecule has 18 atom stereocenters. The normalized spacial score (nSPS) is 25.2. The van der Waals surface area contributed by atoms with Gasteiger partial charge in [0.25, 0.3) is 0 Å². The molecule has 3 fully saturated rings. The van der Waals surface area contributed by atoms with Crippen LogP contribution in [0.4, 0.5) is 0 Å². The van der Waals surface area contributed by atoms with Crippen molar-refractivity contribution in [2.24, 2.45) is 35.0 Å². The molecule has 4 rings (SSSR count). The molecule has 86 heavy (non-hydrogen) atoms. The third-order valence-corrected chi connectivity index (χ3v) is 13.8. The number of cyclic esters (lactones) is 1. The van der Waals surface area contributed by atoms with Gasteiger partial charge in [-0.1, -0.05) is 76.6 Å². The van der Waals surface area contributed by atoms with Crippen LogP contribution in [0.25, 0.3) is 0 Å². The molecule has 1 heterocycles. The second-order valence-electron chi connectivity index (χ2n) is 20.7. The standard InChI is InChI=1S/C28H44O.2C6H12O7.C6H8O6.2C3H6O3.2Ca.H3O4P/c1-19(2)20(3)9-10-22(5)26-15-16-27-23(8-7-17-28(26,27)6)12-13-24-18-25(29)14-11-21(24)4;2*7-1-2(8)3(9)4(10)5(11)6(12)13;7-1-2(8)5-3(9)4(10)6(11)12-5;2*1-2(4)3(5)6;;;1-5(2,3)4/h9-10,12-13,19-20,22,25-27,29H,4,7-8,11,14-18H2,1-3,5-6H3;2*2-5,7-11H,1H2,(H,12,13);2,5,7-10H,1H2;2*2,4H,1H3,(H,5,6);;;(H3,1,2,3,4)/q;;;;;;2*+2;/p-4/b10-9+,23-12+,24-13-;;;;;;;;/t20-,22+,25+,26+,27-,28+;2*2-,3-,4+,5-;2-,5+;;;;;/m0110...../s1. The number of hydrogen-bond acceptors (Lipinski definition) is 28. The second kappa shape index (κ2) is 45.9. The molecule has 0 aromatic rings. The number of rotatable bonds is 19. The Hall–Kier alpha value is -2.32. The van der Waals surface area contributed by atoms with Crippen LogP contribution in [-0.2, 0) is 33.3 Å². The number of carbonyl (C=O) groups is 5. The predicted molar refractivity (Wildman–Crippen MR) is 292 cm³/mol. The maximum absolute atomic E-state index is 10.5. The SMILES string of the molecule is C=C1CC[C@@H](O)C/C1=C/C=C1\CCC[C@]2(C)[C@@H]([C@H](C)/C=C/[C@H](C)C(C)C)CC[C@@H]12.CC(O)C(=O)[O-].CC(O)C(=O)[O-].O=C([O-])[C@H](O)[C@@H](O)[C@H](O)[C@H](O)CO.O=C([O-])[C@H](O)[C@@H](O)[C@H](O)[C@H](O)CO.O=C1O[C@H]([C@@H](O)CO)C(O)=C1O.O=P(O)(O)O.[Ca+2].[Ca+2]. The number of ether oxygens (including phenoxy) is 1. The third kappa shape index (κ3) is 35.3. The van der Waals surface area contributed by atoms with Gasteiger partial charge in [-0.05, 0) is 106 Å². The molecule has 490 valence electrons. The van der Waals surface area contributed by atoms with Gasteiger partial charge in [0.15, 0.2) is 11.9 Å². The van der Waals surface area contributed by atoms with Crippen molar-refractivity contribution in [2.75, 3.05) is 19.8 Å². The zero-order chi connectivity index (χ0) is 66.5. The molecule has 0 saturated heterocycles. The molecule has 0 aromatic carbocycles. The molecule has 3 aliphatic carbocycles. The predicted octanol–water partition coefficient (Wildman–Crippen LogP) is -8.88. The van der Waals surface area contributed by atoms with Gasteiger partial charge in [0.2, 0.25) is 5.76 Å². The number of phosphoric acid groups is 1. The molecule has 3 saturated carbocycles. The molecule has 0 radical (unpaired) electrons. The van der Waals surface area contributed by atoms with Crippen LogP contribution in [0.1, 0.15) is 99.8 Å². The Kier molecular flexibility index (Phi) is 49.3. The van der Waals surface area contributed by atoms with Gasteiger partial charge in [-0.25, -0.2) is 9.36 Å². The Bertz CT molecular complexity index is 2140. The van der Waals surface area contributed by atoms with E-state index >= 15 is 0 Å². The molecular formula is C52H87Ca2O31P. The van der Waals surface area contributed by atoms with Crippen molar-refractivity contribution in [3.8, 4) is 0 Å². The topological polar surface area (TPSA) is 608 Å². The molecule has 4 aliphatic rings. The number of fused-ring (bicyclic) bond motifs is 1. The first-order valence-corrected chi connectivity index (χ1v) is 27.7. The Morgan fingerprint density at radius 1 is 0.674 bits per heavy atom. The fourth-order valence-corrected chi connectivity index (χ4v) is 8.39. The number of carbonyl (C=O) groups excluding carboxylic acids is 5. The van der Waals surface area contributed by atoms with Gasteiger partial charge in [0, 0.05) is 0 Å². The summed E-state index contributed by atoms with van der Waals surface area (Å²) >= 11 is 0. The number of carboxylic acid groups (broad SMARTS) is 4. The van der Waals surface area contributed by atoms with Gasteiger partial charge in [0.1, 0.15) is 54.9 Å². The van der Waals surface area contributed by atoms with Crippen molar-refractivity contribution in [3.05, 3.63) is 59.1 Å². The largest absolute Gasteiger partial charge is 2.00 e. The minimum atomic E-state index is -4.64. The summed E-state index contributed by atoms with van der Waals surface area (Å²) in [6, 6.07) is 0. The van der Waals surface area contributed by atoms with Gasteiger partial charge in [-0.3, -0.25) is 0 Å². The van der Waals surface area contributed by atoms with Gasteiger partial charge in [-0.2, -0.15) is 0 Å². The van der Waals surface area contributed by atoms with Crippen molar-refractivity contribution in [1.29, 1.82) is 0 Å². The average molecular weight is 1320 g/mol. The summed E-state index contributed by atoms with van der Waals surface area (Å²) < 4.78 is 13.2. The number of aliphatic hydroxyl groups is 17. The Morgan fingerprint density at radius 3 is 1.43 bits per heavy atom. The number of hydrogen-bond donors (Lipinski definition) is 20. The van der Waals surface area contributed by atoms with E-state index in [2.05, 4.69) is 70.2 Å². The van der Waals surface area contributed by atoms with E-state index in [-0.39, 0.29) is 81.6 Å². The van der Waals surface area contributed by atoms with E-state index in [1.165, 1.54) is 43.3 Å². The number of allylic oxidation sites excluding steroid dienone is 6. The zero-order valence-corrected chi connectivity index (χ0v) is 54.3. The first-order valence-electron chi connectivity index (χ1n) is 26.1. The van der Waals surface area contributed by atoms with Crippen LogP contribution in [0.2, 0.25) is 0 Å². The first kappa shape index (κ1) is 92.4. The summed E-state index contributed by atoms with van der Waals surface area (Å²) in [6.07, 6.45) is -2.84. The van der Waals surface area contributed by atoms with Crippen molar-refractivity contribution < 1.29 is 155 Å². The maximum Gasteiger partial charge on any atom is 2.00 e. The van der Waals surface area contributed by atoms with Crippen LogP contribution < -0.4 is 20.4 Å². The fraction of sp³-hybridized carbons (Fsp3) is 0.712. The van der Waals surface area contributed by atoms with Gasteiger partial charge in [-0.15, -0.1) is 0 Å². The monoisotopic (exact) mass is 1320 g/mol. The molecule has 0 spiro atoms. The fourth-order valence-electron chi connectivity index (χ4n) is 8.39. The van der Waals surface area contributed by atoms with Crippen molar-refractivity contribution >= 4 is 113 Å². The molecule has 1 aliphatic heterocycles. The molecule has 31 nitrogen and oxygen atoms in total. The summed E-state index contributed by atoms with van der Waals surface area (Å²) in [5.74, 6) is -6.02. The second-order valence-corrected chi connectivity index (χ2v) is 21.7. The van der Waals surface area contributed by atoms with E-state index in [9.17, 15) is 49.5 Å². The summed E-state index contributed by atoms with van der Waals surface area (Å²) in [6.45, 7) is 16.1. The minimum Gasteiger partial charge on any atom is -0.547 e. The Balaban J connectivity index is -0.000000326. The third-order valence-electron chi connectivity index (χ3n) is 13.8. The molecule has 0 amide bonds. The van der Waals surface area contributed by atoms with Gasteiger partial charge in [0.05, 0.1) is 62.0 Å². The van der Waals surface area contributed by atoms with Gasteiger partial charge < -0.3 is 146 Å². The zero-order valence-electron chi connectivity index (χ0n) is 49.0. The van der Waals surface area contributed by atoms with Crippen LogP contribution in [0.15, 0.2) is 59.1 Å². The van der Waals surface area contributed by atoms with E-state index in [4.69, 9.17) is 101 Å². The summed E-state index contributed by atoms with van der Waals surface area (Å²) in [5, 5.41) is 187. The van der Waals surface area contributed by atoms with Gasteiger partial charge >= 0.3 is 89.3 Å². The minimum absolute atomic E-state index is 0. The molecular weight excluding hydrogens is 1230 g/mol.